The molecule has 1 aliphatic heterocycles. The van der Waals surface area contributed by atoms with Crippen molar-refractivity contribution in [3.8, 4) is 5.75 Å². The first-order chi connectivity index (χ1) is 16.3. The van der Waals surface area contributed by atoms with Crippen LogP contribution in [0.5, 0.6) is 5.75 Å². The van der Waals surface area contributed by atoms with Gasteiger partial charge in [-0.05, 0) is 55.7 Å². The number of carboxylic acid groups (broad SMARTS) is 1. The molecule has 2 aromatic carbocycles. The summed E-state index contributed by atoms with van der Waals surface area (Å²) in [6.07, 6.45) is 5.35. The number of carbonyl (C=O) groups is 1. The van der Waals surface area contributed by atoms with E-state index < -0.39 is 5.97 Å². The number of benzene rings is 2. The third kappa shape index (κ3) is 4.97. The van der Waals surface area contributed by atoms with Crippen molar-refractivity contribution in [3.63, 3.8) is 0 Å². The van der Waals surface area contributed by atoms with Crippen LogP contribution < -0.4 is 14.2 Å². The van der Waals surface area contributed by atoms with Gasteiger partial charge in [0.15, 0.2) is 6.54 Å². The van der Waals surface area contributed by atoms with Crippen LogP contribution in [0, 0.1) is 6.92 Å². The van der Waals surface area contributed by atoms with Gasteiger partial charge in [0, 0.05) is 34.7 Å². The summed E-state index contributed by atoms with van der Waals surface area (Å²) in [5, 5.41) is 12.3. The number of aryl methyl sites for hydroxylation is 2. The Morgan fingerprint density at radius 1 is 1.26 bits per heavy atom. The van der Waals surface area contributed by atoms with Crippen molar-refractivity contribution < 1.29 is 19.2 Å². The van der Waals surface area contributed by atoms with Crippen LogP contribution in [-0.2, 0) is 11.3 Å². The van der Waals surface area contributed by atoms with E-state index in [2.05, 4.69) is 47.6 Å². The highest BCUT2D eigenvalue weighted by atomic mass is 35.5. The number of methoxy groups -OCH3 is 1. The van der Waals surface area contributed by atoms with Crippen LogP contribution in [0.25, 0.3) is 16.3 Å². The van der Waals surface area contributed by atoms with Crippen LogP contribution in [0.2, 0.25) is 5.02 Å². The molecule has 8 heteroatoms. The van der Waals surface area contributed by atoms with Crippen molar-refractivity contribution in [3.05, 3.63) is 62.6 Å². The highest BCUT2D eigenvalue weighted by molar-refractivity contribution is 8.03. The number of thiazole rings is 1. The summed E-state index contributed by atoms with van der Waals surface area (Å²) in [5.41, 5.74) is 4.39. The summed E-state index contributed by atoms with van der Waals surface area (Å²) in [7, 11) is 1.67. The highest BCUT2D eigenvalue weighted by Crippen LogP contribution is 2.47. The van der Waals surface area contributed by atoms with Gasteiger partial charge in [-0.3, -0.25) is 4.79 Å². The number of allylic oxidation sites excluding steroid dienone is 2. The molecule has 5 nitrogen and oxygen atoms in total. The second-order valence-electron chi connectivity index (χ2n) is 8.04. The van der Waals surface area contributed by atoms with Gasteiger partial charge in [-0.1, -0.05) is 41.6 Å². The molecular weight excluding hydrogens is 488 g/mol. The Morgan fingerprint density at radius 3 is 2.74 bits per heavy atom. The Morgan fingerprint density at radius 2 is 2.06 bits per heavy atom. The van der Waals surface area contributed by atoms with Gasteiger partial charge >= 0.3 is 5.97 Å². The predicted octanol–water partition coefficient (Wildman–Crippen LogP) is 6.90. The van der Waals surface area contributed by atoms with Crippen LogP contribution >= 0.6 is 34.7 Å². The number of thioether (sulfide) groups is 1. The first-order valence-electron chi connectivity index (χ1n) is 11.2. The van der Waals surface area contributed by atoms with Gasteiger partial charge in [0.1, 0.15) is 16.9 Å². The third-order valence-electron chi connectivity index (χ3n) is 5.83. The summed E-state index contributed by atoms with van der Waals surface area (Å²) >= 11 is 9.67. The number of rotatable bonds is 8. The van der Waals surface area contributed by atoms with Crippen molar-refractivity contribution in [1.29, 1.82) is 0 Å². The molecule has 0 aliphatic carbocycles. The van der Waals surface area contributed by atoms with E-state index in [0.717, 1.165) is 50.2 Å². The zero-order valence-corrected chi connectivity index (χ0v) is 22.1. The smallest absolute Gasteiger partial charge is 0.309 e. The Hall–Kier alpha value is -2.48. The summed E-state index contributed by atoms with van der Waals surface area (Å²) in [6, 6.07) is 10.1. The number of nitrogens with zero attached hydrogens (tertiary/aromatic N) is 2. The Balaban J connectivity index is 1.78. The monoisotopic (exact) mass is 515 g/mol. The van der Waals surface area contributed by atoms with E-state index in [4.69, 9.17) is 16.3 Å². The minimum atomic E-state index is -0.804. The van der Waals surface area contributed by atoms with E-state index >= 15 is 0 Å². The number of aromatic nitrogens is 1. The topological polar surface area (TPSA) is 53.6 Å². The Kier molecular flexibility index (Phi) is 7.55. The van der Waals surface area contributed by atoms with Crippen molar-refractivity contribution in [1.82, 2.24) is 0 Å². The average Bonchev–Trinajstić information content (AvgIpc) is 3.32. The first kappa shape index (κ1) is 24.6. The SMILES string of the molecule is CCC(=C/c1sc2cc(OC)c(C)cc2[n+]1CCC(=O)O)/C=C1\Sc2ccc(Cl)cc2N1CC. The van der Waals surface area contributed by atoms with Crippen LogP contribution in [0.3, 0.4) is 0 Å². The summed E-state index contributed by atoms with van der Waals surface area (Å²) in [6.45, 7) is 7.56. The van der Waals surface area contributed by atoms with E-state index in [0.29, 0.717) is 6.54 Å². The molecule has 1 N–H and O–H groups in total. The largest absolute Gasteiger partial charge is 0.496 e. The Bertz CT molecular complexity index is 1310. The number of hydrogen-bond acceptors (Lipinski definition) is 5. The molecule has 34 heavy (non-hydrogen) atoms. The summed E-state index contributed by atoms with van der Waals surface area (Å²) in [4.78, 5) is 14.8. The number of halogens is 1. The lowest BCUT2D eigenvalue weighted by atomic mass is 10.1. The maximum absolute atomic E-state index is 11.3. The summed E-state index contributed by atoms with van der Waals surface area (Å²) in [5.74, 6) is 0.0343. The van der Waals surface area contributed by atoms with Gasteiger partial charge in [0.2, 0.25) is 5.52 Å². The second kappa shape index (κ2) is 10.4. The van der Waals surface area contributed by atoms with E-state index in [1.165, 1.54) is 15.5 Å². The van der Waals surface area contributed by atoms with Gasteiger partial charge in [0.05, 0.1) is 17.8 Å². The quantitative estimate of drug-likeness (QED) is 0.331. The van der Waals surface area contributed by atoms with Crippen molar-refractivity contribution in [2.75, 3.05) is 18.6 Å². The fourth-order valence-corrected chi connectivity index (χ4v) is 6.59. The number of hydrogen-bond donors (Lipinski definition) is 1. The molecule has 0 spiro atoms. The van der Waals surface area contributed by atoms with Crippen LogP contribution in [0.15, 0.2) is 51.9 Å². The highest BCUT2D eigenvalue weighted by Gasteiger charge is 2.25. The standard InChI is InChI=1S/C26H27ClN2O3S2/c1-5-17(12-24-28(6-2)20-14-18(27)7-8-22(20)33-24)13-25-29(10-9-26(30)31)19-11-16(3)21(32-4)15-23(19)34-25/h7-8,11-15H,5-6,9-10H2,1-4H3/p+1. The number of ether oxygens (including phenoxy) is 1. The maximum atomic E-state index is 11.3. The molecule has 4 rings (SSSR count). The molecule has 0 bridgehead atoms. The fraction of sp³-hybridized carbons (Fsp3) is 0.308. The van der Waals surface area contributed by atoms with Gasteiger partial charge in [-0.2, -0.15) is 4.57 Å². The lowest BCUT2D eigenvalue weighted by Gasteiger charge is -2.18. The minimum absolute atomic E-state index is 0.0699. The van der Waals surface area contributed by atoms with Gasteiger partial charge in [-0.15, -0.1) is 0 Å². The number of anilines is 1. The van der Waals surface area contributed by atoms with Gasteiger partial charge in [0.25, 0.3) is 5.01 Å². The van der Waals surface area contributed by atoms with Crippen molar-refractivity contribution >= 4 is 62.6 Å². The van der Waals surface area contributed by atoms with Crippen LogP contribution in [0.4, 0.5) is 5.69 Å². The lowest BCUT2D eigenvalue weighted by Crippen LogP contribution is -2.36. The number of carboxylic acids is 1. The van der Waals surface area contributed by atoms with E-state index in [1.54, 1.807) is 30.2 Å². The molecule has 1 aliphatic rings. The van der Waals surface area contributed by atoms with E-state index in [9.17, 15) is 9.90 Å². The molecule has 3 aromatic rings. The minimum Gasteiger partial charge on any atom is -0.496 e. The zero-order chi connectivity index (χ0) is 24.4. The molecule has 0 unspecified atom stereocenters. The zero-order valence-electron chi connectivity index (χ0n) is 19.7. The predicted molar refractivity (Wildman–Crippen MR) is 142 cm³/mol. The molecule has 0 fully saturated rings. The fourth-order valence-electron chi connectivity index (χ4n) is 4.07. The van der Waals surface area contributed by atoms with Gasteiger partial charge < -0.3 is 14.7 Å². The van der Waals surface area contributed by atoms with Crippen molar-refractivity contribution in [2.24, 2.45) is 0 Å². The number of aliphatic carboxylic acids is 1. The molecule has 2 heterocycles. The van der Waals surface area contributed by atoms with E-state index in [1.807, 2.05) is 25.1 Å². The van der Waals surface area contributed by atoms with Crippen LogP contribution in [0.1, 0.15) is 37.3 Å². The molecule has 0 saturated carbocycles. The summed E-state index contributed by atoms with van der Waals surface area (Å²) < 4.78 is 8.71. The van der Waals surface area contributed by atoms with E-state index in [-0.39, 0.29) is 6.42 Å². The molecule has 0 amide bonds. The second-order valence-corrected chi connectivity index (χ2v) is 10.6. The molecule has 0 saturated heterocycles. The lowest BCUT2D eigenvalue weighted by molar-refractivity contribution is -0.667. The molecule has 0 radical (unpaired) electrons. The molecule has 0 atom stereocenters. The van der Waals surface area contributed by atoms with Crippen molar-refractivity contribution in [2.45, 2.75) is 45.1 Å². The first-order valence-corrected chi connectivity index (χ1v) is 13.3. The van der Waals surface area contributed by atoms with Gasteiger partial charge in [-0.25, -0.2) is 0 Å². The normalized spacial score (nSPS) is 14.8. The van der Waals surface area contributed by atoms with Crippen LogP contribution in [-0.4, -0.2) is 24.7 Å². The average molecular weight is 516 g/mol. The number of fused-ring (bicyclic) bond motifs is 2. The maximum Gasteiger partial charge on any atom is 0.309 e. The molecule has 1 aromatic heterocycles. The Labute approximate surface area is 213 Å². The molecular formula is C26H28ClN2O3S2+. The molecule has 178 valence electrons. The third-order valence-corrected chi connectivity index (χ3v) is 8.27.